The van der Waals surface area contributed by atoms with E-state index < -0.39 is 0 Å². The highest BCUT2D eigenvalue weighted by Gasteiger charge is 2.25. The average molecular weight is 329 g/mol. The van der Waals surface area contributed by atoms with Crippen LogP contribution in [0.5, 0.6) is 0 Å². The molecule has 3 atom stereocenters. The minimum absolute atomic E-state index is 0.339. The lowest BCUT2D eigenvalue weighted by Crippen LogP contribution is -2.24. The summed E-state index contributed by atoms with van der Waals surface area (Å²) >= 11 is 0. The molecule has 132 valence electrons. The Morgan fingerprint density at radius 1 is 1.12 bits per heavy atom. The van der Waals surface area contributed by atoms with Crippen LogP contribution in [0.25, 0.3) is 0 Å². The molecule has 1 aromatic rings. The molecule has 24 heavy (non-hydrogen) atoms. The zero-order chi connectivity index (χ0) is 16.8. The minimum Gasteiger partial charge on any atom is -0.379 e. The highest BCUT2D eigenvalue weighted by molar-refractivity contribution is 5.36. The number of benzene rings is 1. The maximum absolute atomic E-state index is 6.07. The Kier molecular flexibility index (Phi) is 6.47. The highest BCUT2D eigenvalue weighted by Crippen LogP contribution is 2.35. The molecule has 1 saturated carbocycles. The monoisotopic (exact) mass is 329 g/mol. The van der Waals surface area contributed by atoms with Crippen LogP contribution in [0.3, 0.4) is 0 Å². The maximum Gasteiger partial charge on any atom is 0.0704 e. The van der Waals surface area contributed by atoms with E-state index in [1.54, 1.807) is 0 Å². The number of ether oxygens (including phenoxy) is 2. The van der Waals surface area contributed by atoms with Crippen molar-refractivity contribution in [3.63, 3.8) is 0 Å². The summed E-state index contributed by atoms with van der Waals surface area (Å²) in [7, 11) is 0. The third kappa shape index (κ3) is 4.69. The van der Waals surface area contributed by atoms with E-state index in [1.165, 1.54) is 29.5 Å². The second-order valence-corrected chi connectivity index (χ2v) is 7.22. The summed E-state index contributed by atoms with van der Waals surface area (Å²) in [5, 5.41) is 0. The normalized spacial score (nSPS) is 26.3. The first-order valence-corrected chi connectivity index (χ1v) is 9.43. The van der Waals surface area contributed by atoms with Gasteiger partial charge in [-0.2, -0.15) is 0 Å². The molecule has 0 bridgehead atoms. The minimum atomic E-state index is 0.339. The Morgan fingerprint density at radius 3 is 2.83 bits per heavy atom. The summed E-state index contributed by atoms with van der Waals surface area (Å²) in [4.78, 5) is 0. The fourth-order valence-corrected chi connectivity index (χ4v) is 4.00. The van der Waals surface area contributed by atoms with Gasteiger partial charge in [0, 0.05) is 6.04 Å². The van der Waals surface area contributed by atoms with Crippen molar-refractivity contribution in [3.8, 4) is 0 Å². The van der Waals surface area contributed by atoms with Crippen molar-refractivity contribution in [1.29, 1.82) is 0 Å². The van der Waals surface area contributed by atoms with Gasteiger partial charge in [-0.05, 0) is 67.6 Å². The second-order valence-electron chi connectivity index (χ2n) is 7.22. The Morgan fingerprint density at radius 2 is 2.04 bits per heavy atom. The summed E-state index contributed by atoms with van der Waals surface area (Å²) < 4.78 is 11.5. The first-order valence-electron chi connectivity index (χ1n) is 9.43. The maximum atomic E-state index is 6.07. The van der Waals surface area contributed by atoms with E-state index in [0.29, 0.717) is 31.3 Å². The number of fused-ring (bicyclic) bond motifs is 1. The van der Waals surface area contributed by atoms with Crippen molar-refractivity contribution in [1.82, 2.24) is 0 Å². The van der Waals surface area contributed by atoms with Gasteiger partial charge in [0.2, 0.25) is 0 Å². The number of aryl methyl sites for hydroxylation is 1. The number of hydrogen-bond acceptors (Lipinski definition) is 3. The van der Waals surface area contributed by atoms with Gasteiger partial charge in [-0.1, -0.05) is 24.3 Å². The Bertz CT molecular complexity index is 543. The average Bonchev–Trinajstić information content (AvgIpc) is 3.04. The van der Waals surface area contributed by atoms with Crippen LogP contribution in [0.15, 0.2) is 30.9 Å². The lowest BCUT2D eigenvalue weighted by molar-refractivity contribution is 0.000427. The largest absolute Gasteiger partial charge is 0.379 e. The van der Waals surface area contributed by atoms with E-state index in [1.807, 2.05) is 6.08 Å². The standard InChI is InChI=1S/C21H31NO2/c1-2-3-10-23-11-12-24-21-9-7-17-13-16(4-5-19(17)15-21)18-6-8-20(22)14-18/h2,4-5,13,18,20-21H,1,3,6-12,14-15,22H2/t18?,20?,21-/m0/s1. The van der Waals surface area contributed by atoms with Gasteiger partial charge in [-0.25, -0.2) is 0 Å². The van der Waals surface area contributed by atoms with Crippen molar-refractivity contribution in [3.05, 3.63) is 47.5 Å². The van der Waals surface area contributed by atoms with E-state index >= 15 is 0 Å². The number of rotatable bonds is 8. The first kappa shape index (κ1) is 17.7. The van der Waals surface area contributed by atoms with Gasteiger partial charge in [0.05, 0.1) is 25.9 Å². The summed E-state index contributed by atoms with van der Waals surface area (Å²) in [5.41, 5.74) is 10.6. The van der Waals surface area contributed by atoms with Crippen LogP contribution in [0.1, 0.15) is 54.7 Å². The van der Waals surface area contributed by atoms with Gasteiger partial charge in [-0.15, -0.1) is 6.58 Å². The van der Waals surface area contributed by atoms with Gasteiger partial charge in [0.1, 0.15) is 0 Å². The van der Waals surface area contributed by atoms with E-state index in [-0.39, 0.29) is 0 Å². The van der Waals surface area contributed by atoms with Crippen LogP contribution in [-0.4, -0.2) is 32.0 Å². The molecule has 0 radical (unpaired) electrons. The van der Waals surface area contributed by atoms with Crippen LogP contribution in [0.4, 0.5) is 0 Å². The lowest BCUT2D eigenvalue weighted by atomic mass is 9.86. The molecule has 0 heterocycles. The van der Waals surface area contributed by atoms with Gasteiger partial charge in [-0.3, -0.25) is 0 Å². The van der Waals surface area contributed by atoms with Crippen LogP contribution < -0.4 is 5.73 Å². The predicted octanol–water partition coefficient (Wildman–Crippen LogP) is 3.75. The van der Waals surface area contributed by atoms with Crippen molar-refractivity contribution >= 4 is 0 Å². The van der Waals surface area contributed by atoms with E-state index in [2.05, 4.69) is 24.8 Å². The lowest BCUT2D eigenvalue weighted by Gasteiger charge is -2.26. The zero-order valence-electron chi connectivity index (χ0n) is 14.7. The van der Waals surface area contributed by atoms with Gasteiger partial charge >= 0.3 is 0 Å². The summed E-state index contributed by atoms with van der Waals surface area (Å²) in [6.07, 6.45) is 9.98. The number of nitrogens with two attached hydrogens (primary N) is 1. The third-order valence-electron chi connectivity index (χ3n) is 5.41. The SMILES string of the molecule is C=CCCOCCO[C@H]1CCc2cc(C3CCC(N)C3)ccc2C1. The van der Waals surface area contributed by atoms with Crippen molar-refractivity contribution in [2.45, 2.75) is 63.0 Å². The van der Waals surface area contributed by atoms with E-state index in [4.69, 9.17) is 15.2 Å². The molecule has 0 aromatic heterocycles. The molecule has 1 aromatic carbocycles. The number of hydrogen-bond donors (Lipinski definition) is 1. The molecule has 2 aliphatic rings. The van der Waals surface area contributed by atoms with Gasteiger partial charge < -0.3 is 15.2 Å². The quantitative estimate of drug-likeness (QED) is 0.583. The molecular formula is C21H31NO2. The van der Waals surface area contributed by atoms with Crippen molar-refractivity contribution < 1.29 is 9.47 Å². The van der Waals surface area contributed by atoms with E-state index in [0.717, 1.165) is 38.7 Å². The van der Waals surface area contributed by atoms with Gasteiger partial charge in [0.25, 0.3) is 0 Å². The topological polar surface area (TPSA) is 44.5 Å². The van der Waals surface area contributed by atoms with Crippen LogP contribution >= 0.6 is 0 Å². The Labute approximate surface area is 146 Å². The molecular weight excluding hydrogens is 298 g/mol. The Balaban J connectivity index is 1.47. The third-order valence-corrected chi connectivity index (χ3v) is 5.41. The van der Waals surface area contributed by atoms with E-state index in [9.17, 15) is 0 Å². The van der Waals surface area contributed by atoms with Crippen LogP contribution in [0.2, 0.25) is 0 Å². The molecule has 3 rings (SSSR count). The summed E-state index contributed by atoms with van der Waals surface area (Å²) in [6, 6.07) is 7.48. The van der Waals surface area contributed by atoms with Crippen LogP contribution in [0, 0.1) is 0 Å². The summed E-state index contributed by atoms with van der Waals surface area (Å²) in [5.74, 6) is 0.673. The molecule has 1 fully saturated rings. The smallest absolute Gasteiger partial charge is 0.0704 e. The van der Waals surface area contributed by atoms with Gasteiger partial charge in [0.15, 0.2) is 0 Å². The second kappa shape index (κ2) is 8.80. The molecule has 2 unspecified atom stereocenters. The molecule has 3 nitrogen and oxygen atoms in total. The Hall–Kier alpha value is -1.16. The van der Waals surface area contributed by atoms with Crippen LogP contribution in [-0.2, 0) is 22.3 Å². The molecule has 3 heteroatoms. The molecule has 0 amide bonds. The highest BCUT2D eigenvalue weighted by atomic mass is 16.5. The molecule has 2 aliphatic carbocycles. The molecule has 0 saturated heterocycles. The first-order chi connectivity index (χ1) is 11.8. The fourth-order valence-electron chi connectivity index (χ4n) is 4.00. The summed E-state index contributed by atoms with van der Waals surface area (Å²) in [6.45, 7) is 5.80. The molecule has 0 spiro atoms. The zero-order valence-corrected chi connectivity index (χ0v) is 14.7. The fraction of sp³-hybridized carbons (Fsp3) is 0.619. The van der Waals surface area contributed by atoms with Crippen molar-refractivity contribution in [2.24, 2.45) is 5.73 Å². The van der Waals surface area contributed by atoms with Crippen molar-refractivity contribution in [2.75, 3.05) is 19.8 Å². The molecule has 2 N–H and O–H groups in total. The predicted molar refractivity (Wildman–Crippen MR) is 98.4 cm³/mol. The molecule has 0 aliphatic heterocycles.